The first-order valence-electron chi connectivity index (χ1n) is 10.8. The first kappa shape index (κ1) is 22.3. The highest BCUT2D eigenvalue weighted by atomic mass is 32.2. The van der Waals surface area contributed by atoms with E-state index in [0.29, 0.717) is 0 Å². The van der Waals surface area contributed by atoms with Gasteiger partial charge in [-0.15, -0.1) is 11.8 Å². The van der Waals surface area contributed by atoms with E-state index in [1.54, 1.807) is 20.8 Å². The van der Waals surface area contributed by atoms with Crippen LogP contribution in [0.25, 0.3) is 0 Å². The van der Waals surface area contributed by atoms with Crippen molar-refractivity contribution in [2.75, 3.05) is 6.61 Å². The predicted molar refractivity (Wildman–Crippen MR) is 118 cm³/mol. The lowest BCUT2D eigenvalue weighted by Gasteiger charge is -2.53. The van der Waals surface area contributed by atoms with E-state index in [-0.39, 0.29) is 13.2 Å². The van der Waals surface area contributed by atoms with E-state index in [0.717, 1.165) is 10.5 Å². The largest absolute Gasteiger partial charge is 0.366 e. The van der Waals surface area contributed by atoms with Crippen LogP contribution in [0.2, 0.25) is 0 Å². The predicted octanol–water partition coefficient (Wildman–Crippen LogP) is 5.45. The number of benzene rings is 2. The van der Waals surface area contributed by atoms with Gasteiger partial charge in [0.1, 0.15) is 17.3 Å². The Morgan fingerprint density at radius 3 is 2.19 bits per heavy atom. The van der Waals surface area contributed by atoms with Gasteiger partial charge < -0.3 is 18.9 Å². The summed E-state index contributed by atoms with van der Waals surface area (Å²) in [6, 6.07) is 19.3. The summed E-state index contributed by atoms with van der Waals surface area (Å²) in [5.74, 6) is -4.39. The quantitative estimate of drug-likeness (QED) is 0.591. The normalized spacial score (nSPS) is 39.1. The second-order valence-corrected chi connectivity index (χ2v) is 10.8. The molecule has 0 aromatic heterocycles. The van der Waals surface area contributed by atoms with Gasteiger partial charge in [-0.25, -0.2) is 8.78 Å². The molecule has 32 heavy (non-hydrogen) atoms. The zero-order valence-electron chi connectivity index (χ0n) is 18.6. The van der Waals surface area contributed by atoms with Crippen LogP contribution in [0.5, 0.6) is 0 Å². The molecule has 3 aliphatic rings. The van der Waals surface area contributed by atoms with Crippen molar-refractivity contribution in [2.24, 2.45) is 0 Å². The topological polar surface area (TPSA) is 36.9 Å². The highest BCUT2D eigenvalue weighted by molar-refractivity contribution is 8.00. The Balaban J connectivity index is 1.57. The van der Waals surface area contributed by atoms with Gasteiger partial charge in [0.15, 0.2) is 11.4 Å². The van der Waals surface area contributed by atoms with Gasteiger partial charge in [0.05, 0.1) is 18.5 Å². The summed E-state index contributed by atoms with van der Waals surface area (Å²) >= 11 is 1.37. The summed E-state index contributed by atoms with van der Waals surface area (Å²) in [6.45, 7) is 6.91. The third kappa shape index (κ3) is 2.95. The molecule has 0 amide bonds. The second-order valence-electron chi connectivity index (χ2n) is 9.55. The first-order chi connectivity index (χ1) is 15.0. The highest BCUT2D eigenvalue weighted by Crippen LogP contribution is 2.69. The van der Waals surface area contributed by atoms with E-state index in [2.05, 4.69) is 0 Å². The molecular formula is C25H28F2O4S. The van der Waals surface area contributed by atoms with Gasteiger partial charge in [0.2, 0.25) is 0 Å². The second kappa shape index (κ2) is 7.24. The lowest BCUT2D eigenvalue weighted by atomic mass is 9.64. The molecular weight excluding hydrogens is 434 g/mol. The minimum absolute atomic E-state index is 0.257. The Bertz CT molecular complexity index is 988. The fourth-order valence-electron chi connectivity index (χ4n) is 5.30. The third-order valence-electron chi connectivity index (χ3n) is 7.23. The highest BCUT2D eigenvalue weighted by Gasteiger charge is 2.90. The molecule has 0 unspecified atom stereocenters. The van der Waals surface area contributed by atoms with Crippen LogP contribution in [0.3, 0.4) is 0 Å². The number of ether oxygens (including phenoxy) is 4. The molecule has 0 aliphatic carbocycles. The van der Waals surface area contributed by atoms with E-state index < -0.39 is 39.9 Å². The summed E-state index contributed by atoms with van der Waals surface area (Å²) in [5.41, 5.74) is -3.47. The molecule has 3 aliphatic heterocycles. The zero-order valence-corrected chi connectivity index (χ0v) is 19.5. The van der Waals surface area contributed by atoms with Crippen LogP contribution in [-0.4, -0.2) is 46.5 Å². The first-order valence-corrected chi connectivity index (χ1v) is 11.7. The molecule has 3 saturated heterocycles. The molecule has 3 heterocycles. The minimum atomic E-state index is -3.25. The lowest BCUT2D eigenvalue weighted by Crippen LogP contribution is -2.76. The summed E-state index contributed by atoms with van der Waals surface area (Å²) in [7, 11) is 0. The molecule has 2 aromatic rings. The maximum Gasteiger partial charge on any atom is 0.308 e. The van der Waals surface area contributed by atoms with Crippen LogP contribution < -0.4 is 0 Å². The van der Waals surface area contributed by atoms with Crippen molar-refractivity contribution < 1.29 is 27.7 Å². The van der Waals surface area contributed by atoms with E-state index >= 15 is 8.78 Å². The number of halogens is 2. The SMILES string of the molecule is CC1(C)OC[C@@]2(O1)C(F)(F)[C@@H]1O[C@@]2(C)[C@](C)(OCc2ccccc2)[C@H]1Sc1ccccc1. The number of fused-ring (bicyclic) bond motifs is 3. The maximum atomic E-state index is 16.0. The van der Waals surface area contributed by atoms with Gasteiger partial charge in [-0.1, -0.05) is 48.5 Å². The molecule has 5 rings (SSSR count). The molecule has 7 heteroatoms. The van der Waals surface area contributed by atoms with Gasteiger partial charge in [0, 0.05) is 4.90 Å². The summed E-state index contributed by atoms with van der Waals surface area (Å²) < 4.78 is 56.5. The Hall–Kier alpha value is -1.51. The maximum absolute atomic E-state index is 16.0. The van der Waals surface area contributed by atoms with Crippen molar-refractivity contribution in [3.63, 3.8) is 0 Å². The summed E-state index contributed by atoms with van der Waals surface area (Å²) in [6.07, 6.45) is -1.38. The van der Waals surface area contributed by atoms with Crippen LogP contribution in [0.15, 0.2) is 65.6 Å². The smallest absolute Gasteiger partial charge is 0.308 e. The fourth-order valence-corrected chi connectivity index (χ4v) is 6.78. The number of thioether (sulfide) groups is 1. The Morgan fingerprint density at radius 1 is 0.969 bits per heavy atom. The van der Waals surface area contributed by atoms with Crippen LogP contribution in [-0.2, 0) is 25.6 Å². The molecule has 5 atom stereocenters. The summed E-state index contributed by atoms with van der Waals surface area (Å²) in [4.78, 5) is 0.889. The average Bonchev–Trinajstić information content (AvgIpc) is 3.28. The van der Waals surface area contributed by atoms with Crippen molar-refractivity contribution in [3.8, 4) is 0 Å². The average molecular weight is 463 g/mol. The Morgan fingerprint density at radius 2 is 1.59 bits per heavy atom. The van der Waals surface area contributed by atoms with Crippen LogP contribution in [0.1, 0.15) is 33.3 Å². The van der Waals surface area contributed by atoms with Gasteiger partial charge in [-0.3, -0.25) is 0 Å². The molecule has 172 valence electrons. The molecule has 0 N–H and O–H groups in total. The molecule has 0 radical (unpaired) electrons. The van der Waals surface area contributed by atoms with E-state index in [1.807, 2.05) is 67.6 Å². The molecule has 2 bridgehead atoms. The van der Waals surface area contributed by atoms with Gasteiger partial charge >= 0.3 is 5.92 Å². The molecule has 1 spiro atoms. The van der Waals surface area contributed by atoms with Crippen LogP contribution in [0, 0.1) is 0 Å². The van der Waals surface area contributed by atoms with Gasteiger partial charge in [0.25, 0.3) is 0 Å². The number of hydrogen-bond donors (Lipinski definition) is 0. The molecule has 4 nitrogen and oxygen atoms in total. The standard InChI is InChI=1S/C25H28F2O4S/c1-21(2)29-16-24(31-21)23(4)22(3,28-15-17-11-7-5-8-12-17)20(19(30-23)25(24,26)27)32-18-13-9-6-10-14-18/h5-14,19-20H,15-16H2,1-4H3/t19-,20+,22-,23+,24+/m1/s1. The summed E-state index contributed by atoms with van der Waals surface area (Å²) in [5, 5.41) is -0.647. The van der Waals surface area contributed by atoms with Gasteiger partial charge in [-0.05, 0) is 45.4 Å². The van der Waals surface area contributed by atoms with Gasteiger partial charge in [-0.2, -0.15) is 0 Å². The number of alkyl halides is 2. The van der Waals surface area contributed by atoms with Crippen molar-refractivity contribution in [1.82, 2.24) is 0 Å². The van der Waals surface area contributed by atoms with Crippen molar-refractivity contribution >= 4 is 11.8 Å². The van der Waals surface area contributed by atoms with Crippen molar-refractivity contribution in [2.45, 2.75) is 79.1 Å². The minimum Gasteiger partial charge on any atom is -0.366 e. The third-order valence-corrected chi connectivity index (χ3v) is 8.72. The van der Waals surface area contributed by atoms with E-state index in [4.69, 9.17) is 18.9 Å². The molecule has 3 fully saturated rings. The Kier molecular flexibility index (Phi) is 5.04. The van der Waals surface area contributed by atoms with Crippen LogP contribution in [0.4, 0.5) is 8.78 Å². The van der Waals surface area contributed by atoms with Crippen molar-refractivity contribution in [1.29, 1.82) is 0 Å². The number of hydrogen-bond acceptors (Lipinski definition) is 5. The fraction of sp³-hybridized carbons (Fsp3) is 0.520. The monoisotopic (exact) mass is 462 g/mol. The van der Waals surface area contributed by atoms with Crippen LogP contribution >= 0.6 is 11.8 Å². The molecule has 2 aromatic carbocycles. The Labute approximate surface area is 191 Å². The molecule has 0 saturated carbocycles. The number of rotatable bonds is 5. The zero-order chi connectivity index (χ0) is 22.8. The van der Waals surface area contributed by atoms with E-state index in [9.17, 15) is 0 Å². The van der Waals surface area contributed by atoms with Crippen molar-refractivity contribution in [3.05, 3.63) is 66.2 Å². The van der Waals surface area contributed by atoms with E-state index in [1.165, 1.54) is 11.8 Å². The lowest BCUT2D eigenvalue weighted by molar-refractivity contribution is -0.282.